The van der Waals surface area contributed by atoms with E-state index in [0.717, 1.165) is 42.1 Å². The second kappa shape index (κ2) is 8.77. The third-order valence-electron chi connectivity index (χ3n) is 10.1. The van der Waals surface area contributed by atoms with Crippen molar-refractivity contribution in [2.24, 2.45) is 29.1 Å². The molecular formula is C31H33N5O3S. The largest absolute Gasteiger partial charge is 0.370 e. The van der Waals surface area contributed by atoms with Crippen molar-refractivity contribution >= 4 is 39.7 Å². The average Bonchev–Trinajstić information content (AvgIpc) is 3.10. The number of piperidine rings is 1. The lowest BCUT2D eigenvalue weighted by Gasteiger charge is -2.34. The molecule has 4 heterocycles. The first-order valence-corrected chi connectivity index (χ1v) is 15.4. The van der Waals surface area contributed by atoms with E-state index < -0.39 is 0 Å². The molecule has 4 atom stereocenters. The van der Waals surface area contributed by atoms with Gasteiger partial charge < -0.3 is 10.2 Å². The monoisotopic (exact) mass is 555 g/mol. The minimum Gasteiger partial charge on any atom is -0.370 e. The summed E-state index contributed by atoms with van der Waals surface area (Å²) in [6.45, 7) is 4.25. The van der Waals surface area contributed by atoms with Crippen molar-refractivity contribution in [1.82, 2.24) is 19.6 Å². The van der Waals surface area contributed by atoms with E-state index >= 15 is 0 Å². The van der Waals surface area contributed by atoms with Crippen LogP contribution < -0.4 is 10.2 Å². The molecule has 2 aromatic heterocycles. The van der Waals surface area contributed by atoms with Crippen LogP contribution in [0.5, 0.6) is 0 Å². The zero-order chi connectivity index (χ0) is 27.2. The van der Waals surface area contributed by atoms with E-state index in [1.54, 1.807) is 17.4 Å². The molecule has 206 valence electrons. The molecule has 0 unspecified atom stereocenters. The van der Waals surface area contributed by atoms with E-state index in [-0.39, 0.29) is 23.6 Å². The van der Waals surface area contributed by atoms with Crippen molar-refractivity contribution < 1.29 is 14.4 Å². The molecule has 5 aliphatic rings. The fourth-order valence-corrected chi connectivity index (χ4v) is 8.92. The van der Waals surface area contributed by atoms with Crippen molar-refractivity contribution in [3.05, 3.63) is 64.4 Å². The number of carbonyl (C=O) groups excluding carboxylic acids is 3. The second-order valence-electron chi connectivity index (χ2n) is 12.4. The number of aryl methyl sites for hydroxylation is 1. The van der Waals surface area contributed by atoms with Crippen molar-refractivity contribution in [2.45, 2.75) is 45.6 Å². The summed E-state index contributed by atoms with van der Waals surface area (Å²) in [5, 5.41) is 3.07. The lowest BCUT2D eigenvalue weighted by Crippen LogP contribution is -2.43. The number of carbonyl (C=O) groups is 3. The van der Waals surface area contributed by atoms with Crippen LogP contribution in [0.2, 0.25) is 0 Å². The van der Waals surface area contributed by atoms with Crippen LogP contribution in [-0.2, 0) is 11.3 Å². The molecular weight excluding hydrogens is 522 g/mol. The summed E-state index contributed by atoms with van der Waals surface area (Å²) >= 11 is 1.63. The standard InChI is InChI=1S/C31H33N5O3S/c1-18-14-35-17-22(33-30(35)40-18)13-32-27(37)19-4-3-11-34(15-19)25-6-2-5-23-26(25)29(39)36(28(23)38)16-20-12-21-7-8-24(20)31(21)9-10-31/h2,5-8,14,17,19-21,24H,3-4,9-13,15-16H2,1H3,(H,32,37)/t19-,20+,21-,24-/m1/s1. The van der Waals surface area contributed by atoms with E-state index in [0.29, 0.717) is 53.9 Å². The first kappa shape index (κ1) is 24.3. The Morgan fingerprint density at radius 2 is 2.05 bits per heavy atom. The molecule has 2 saturated carbocycles. The number of benzene rings is 1. The summed E-state index contributed by atoms with van der Waals surface area (Å²) < 4.78 is 2.00. The molecule has 9 heteroatoms. The third kappa shape index (κ3) is 3.62. The summed E-state index contributed by atoms with van der Waals surface area (Å²) in [4.78, 5) is 50.8. The molecule has 2 bridgehead atoms. The van der Waals surface area contributed by atoms with Crippen molar-refractivity contribution in [3.63, 3.8) is 0 Å². The van der Waals surface area contributed by atoms with Gasteiger partial charge in [-0.2, -0.15) is 0 Å². The summed E-state index contributed by atoms with van der Waals surface area (Å²) in [5.74, 6) is 0.973. The van der Waals surface area contributed by atoms with Crippen LogP contribution in [-0.4, -0.2) is 51.6 Å². The summed E-state index contributed by atoms with van der Waals surface area (Å²) in [6, 6.07) is 5.60. The molecule has 8 nitrogen and oxygen atoms in total. The van der Waals surface area contributed by atoms with Gasteiger partial charge in [-0.05, 0) is 74.3 Å². The molecule has 0 radical (unpaired) electrons. The number of allylic oxidation sites excluding steroid dienone is 2. The summed E-state index contributed by atoms with van der Waals surface area (Å²) in [7, 11) is 0. The van der Waals surface area contributed by atoms with E-state index in [1.807, 2.05) is 28.9 Å². The summed E-state index contributed by atoms with van der Waals surface area (Å²) in [5.41, 5.74) is 3.08. The number of anilines is 1. The maximum atomic E-state index is 13.8. The van der Waals surface area contributed by atoms with Crippen LogP contribution in [0.3, 0.4) is 0 Å². The Bertz CT molecular complexity index is 1570. The van der Waals surface area contributed by atoms with E-state index in [9.17, 15) is 14.4 Å². The van der Waals surface area contributed by atoms with Crippen LogP contribution >= 0.6 is 11.3 Å². The Morgan fingerprint density at radius 3 is 2.85 bits per heavy atom. The Kier molecular flexibility index (Phi) is 5.34. The van der Waals surface area contributed by atoms with Crippen LogP contribution in [0.15, 0.2) is 42.7 Å². The lowest BCUT2D eigenvalue weighted by atomic mass is 9.88. The number of nitrogens with one attached hydrogen (secondary N) is 1. The van der Waals surface area contributed by atoms with Gasteiger partial charge in [0, 0.05) is 36.9 Å². The first-order chi connectivity index (χ1) is 19.4. The molecule has 1 spiro atoms. The molecule has 3 aliphatic carbocycles. The number of fused-ring (bicyclic) bond motifs is 2. The SMILES string of the molecule is Cc1cn2cc(CNC(=O)[C@@H]3CCCN(c4cccc5c4C(=O)N(C[C@@H]4C[C@H]6C=C[C@H]4C64CC4)C5=O)C3)nc2s1. The second-order valence-corrected chi connectivity index (χ2v) is 13.6. The van der Waals surface area contributed by atoms with Crippen LogP contribution in [0.25, 0.3) is 4.96 Å². The molecule has 8 rings (SSSR count). The average molecular weight is 556 g/mol. The highest BCUT2D eigenvalue weighted by Gasteiger charge is 2.63. The van der Waals surface area contributed by atoms with Crippen LogP contribution in [0.4, 0.5) is 5.69 Å². The number of thiazole rings is 1. The van der Waals surface area contributed by atoms with E-state index in [4.69, 9.17) is 0 Å². The van der Waals surface area contributed by atoms with E-state index in [2.05, 4.69) is 34.3 Å². The third-order valence-corrected chi connectivity index (χ3v) is 11.0. The number of hydrogen-bond acceptors (Lipinski definition) is 6. The predicted octanol–water partition coefficient (Wildman–Crippen LogP) is 4.44. The van der Waals surface area contributed by atoms with Crippen molar-refractivity contribution in [2.75, 3.05) is 24.5 Å². The molecule has 1 saturated heterocycles. The van der Waals surface area contributed by atoms with Gasteiger partial charge in [-0.25, -0.2) is 4.98 Å². The van der Waals surface area contributed by atoms with Crippen molar-refractivity contribution in [3.8, 4) is 0 Å². The molecule has 3 fully saturated rings. The fraction of sp³-hybridized carbons (Fsp3) is 0.484. The maximum Gasteiger partial charge on any atom is 0.263 e. The molecule has 3 aromatic rings. The molecule has 3 amide bonds. The minimum absolute atomic E-state index is 0.00665. The molecule has 2 aliphatic heterocycles. The molecule has 1 aromatic carbocycles. The maximum absolute atomic E-state index is 13.8. The minimum atomic E-state index is -0.186. The van der Waals surface area contributed by atoms with E-state index in [1.165, 1.54) is 22.6 Å². The predicted molar refractivity (Wildman–Crippen MR) is 152 cm³/mol. The van der Waals surface area contributed by atoms with Gasteiger partial charge in [0.25, 0.3) is 11.8 Å². The van der Waals surface area contributed by atoms with Gasteiger partial charge in [0.15, 0.2) is 4.96 Å². The number of aromatic nitrogens is 2. The zero-order valence-corrected chi connectivity index (χ0v) is 23.5. The Balaban J connectivity index is 0.963. The summed E-state index contributed by atoms with van der Waals surface area (Å²) in [6.07, 6.45) is 14.0. The quantitative estimate of drug-likeness (QED) is 0.359. The zero-order valence-electron chi connectivity index (χ0n) is 22.6. The number of amides is 3. The smallest absolute Gasteiger partial charge is 0.263 e. The topological polar surface area (TPSA) is 87.0 Å². The number of rotatable bonds is 6. The van der Waals surface area contributed by atoms with Crippen LogP contribution in [0.1, 0.15) is 63.4 Å². The van der Waals surface area contributed by atoms with Gasteiger partial charge in [-0.15, -0.1) is 11.3 Å². The number of hydrogen-bond donors (Lipinski definition) is 1. The highest BCUT2D eigenvalue weighted by atomic mass is 32.1. The first-order valence-electron chi connectivity index (χ1n) is 14.6. The number of imidazole rings is 1. The highest BCUT2D eigenvalue weighted by Crippen LogP contribution is 2.70. The van der Waals surface area contributed by atoms with Gasteiger partial charge in [0.1, 0.15) is 0 Å². The van der Waals surface area contributed by atoms with Crippen LogP contribution in [0, 0.1) is 36.0 Å². The Hall–Kier alpha value is -3.46. The van der Waals surface area contributed by atoms with Gasteiger partial charge in [-0.3, -0.25) is 23.7 Å². The Labute approximate surface area is 237 Å². The van der Waals surface area contributed by atoms with Gasteiger partial charge in [0.05, 0.1) is 35.0 Å². The van der Waals surface area contributed by atoms with Gasteiger partial charge >= 0.3 is 0 Å². The number of nitrogens with zero attached hydrogens (tertiary/aromatic N) is 4. The lowest BCUT2D eigenvalue weighted by molar-refractivity contribution is -0.125. The normalized spacial score (nSPS) is 27.8. The fourth-order valence-electron chi connectivity index (χ4n) is 8.09. The van der Waals surface area contributed by atoms with Gasteiger partial charge in [0.2, 0.25) is 5.91 Å². The van der Waals surface area contributed by atoms with Crippen molar-refractivity contribution in [1.29, 1.82) is 0 Å². The number of imide groups is 1. The highest BCUT2D eigenvalue weighted by molar-refractivity contribution is 7.16. The molecule has 40 heavy (non-hydrogen) atoms. The Morgan fingerprint density at radius 1 is 1.18 bits per heavy atom. The molecule has 1 N–H and O–H groups in total. The van der Waals surface area contributed by atoms with Gasteiger partial charge in [-0.1, -0.05) is 18.2 Å².